The first-order chi connectivity index (χ1) is 16.6. The Labute approximate surface area is 208 Å². The molecule has 0 saturated carbocycles. The van der Waals surface area contributed by atoms with Gasteiger partial charge in [0.2, 0.25) is 5.91 Å². The van der Waals surface area contributed by atoms with E-state index in [-0.39, 0.29) is 11.3 Å². The highest BCUT2D eigenvalue weighted by atomic mass is 16.5. The van der Waals surface area contributed by atoms with Crippen LogP contribution >= 0.6 is 0 Å². The van der Waals surface area contributed by atoms with Crippen LogP contribution in [0.15, 0.2) is 48.5 Å². The molecule has 1 N–H and O–H groups in total. The van der Waals surface area contributed by atoms with Gasteiger partial charge in [0.1, 0.15) is 6.61 Å². The largest absolute Gasteiger partial charge is 0.460 e. The van der Waals surface area contributed by atoms with E-state index in [1.54, 1.807) is 4.68 Å². The van der Waals surface area contributed by atoms with E-state index in [0.717, 1.165) is 23.4 Å². The molecule has 1 amide bonds. The van der Waals surface area contributed by atoms with E-state index in [9.17, 15) is 4.79 Å². The first-order valence-electron chi connectivity index (χ1n) is 12.3. The maximum Gasteiger partial charge on any atom is 0.336 e. The van der Waals surface area contributed by atoms with Crippen molar-refractivity contribution < 1.29 is 14.3 Å². The van der Waals surface area contributed by atoms with Crippen molar-refractivity contribution in [3.05, 3.63) is 54.1 Å². The Morgan fingerprint density at radius 1 is 1.06 bits per heavy atom. The van der Waals surface area contributed by atoms with E-state index >= 15 is 0 Å². The molecule has 1 heterocycles. The third-order valence-electron chi connectivity index (χ3n) is 5.45. The molecule has 1 unspecified atom stereocenters. The van der Waals surface area contributed by atoms with Gasteiger partial charge >= 0.3 is 6.01 Å². The minimum absolute atomic E-state index is 0.0283. The maximum atomic E-state index is 12.5. The molecule has 0 saturated heterocycles. The Kier molecular flexibility index (Phi) is 9.04. The van der Waals surface area contributed by atoms with Crippen LogP contribution in [0, 0.1) is 18.3 Å². The van der Waals surface area contributed by atoms with Gasteiger partial charge in [0.15, 0.2) is 5.82 Å². The number of carbonyl (C=O) groups is 1. The van der Waals surface area contributed by atoms with Crippen molar-refractivity contribution in [2.75, 3.05) is 25.1 Å². The monoisotopic (exact) mass is 478 g/mol. The molecule has 2 aromatic carbocycles. The third-order valence-corrected chi connectivity index (χ3v) is 5.45. The SMILES string of the molecule is CCOCCOc1nc(-c2ccc(C)cc2)n(-c2ccc(NC(=O)CC(C)CC(C)(C)C)cc2)n1. The molecule has 3 rings (SSSR count). The van der Waals surface area contributed by atoms with Crippen LogP contribution in [0.2, 0.25) is 0 Å². The highest BCUT2D eigenvalue weighted by Crippen LogP contribution is 2.27. The molecule has 0 aliphatic rings. The zero-order chi connectivity index (χ0) is 25.4. The summed E-state index contributed by atoms with van der Waals surface area (Å²) in [4.78, 5) is 17.1. The highest BCUT2D eigenvalue weighted by molar-refractivity contribution is 5.90. The molecule has 3 aromatic rings. The molecule has 0 aliphatic carbocycles. The van der Waals surface area contributed by atoms with Gasteiger partial charge in [-0.25, -0.2) is 4.68 Å². The minimum Gasteiger partial charge on any atom is -0.460 e. The smallest absolute Gasteiger partial charge is 0.336 e. The van der Waals surface area contributed by atoms with E-state index < -0.39 is 0 Å². The number of hydrogen-bond donors (Lipinski definition) is 1. The van der Waals surface area contributed by atoms with E-state index in [4.69, 9.17) is 9.47 Å². The number of amides is 1. The molecule has 0 aliphatic heterocycles. The van der Waals surface area contributed by atoms with Gasteiger partial charge in [-0.3, -0.25) is 4.79 Å². The Morgan fingerprint density at radius 3 is 2.37 bits per heavy atom. The number of nitrogens with zero attached hydrogens (tertiary/aromatic N) is 3. The number of benzene rings is 2. The standard InChI is InChI=1S/C28H38N4O3/c1-7-34-16-17-35-27-30-26(22-10-8-20(2)9-11-22)32(31-27)24-14-12-23(13-15-24)29-25(33)18-21(3)19-28(4,5)6/h8-15,21H,7,16-19H2,1-6H3,(H,29,33). The summed E-state index contributed by atoms with van der Waals surface area (Å²) in [6, 6.07) is 16.0. The zero-order valence-electron chi connectivity index (χ0n) is 21.8. The maximum absolute atomic E-state index is 12.5. The van der Waals surface area contributed by atoms with Gasteiger partial charge < -0.3 is 14.8 Å². The molecular weight excluding hydrogens is 440 g/mol. The van der Waals surface area contributed by atoms with Crippen molar-refractivity contribution in [3.8, 4) is 23.1 Å². The second-order valence-corrected chi connectivity index (χ2v) is 10.2. The average molecular weight is 479 g/mol. The van der Waals surface area contributed by atoms with Crippen molar-refractivity contribution in [1.29, 1.82) is 0 Å². The number of ether oxygens (including phenoxy) is 2. The first-order valence-corrected chi connectivity index (χ1v) is 12.3. The van der Waals surface area contributed by atoms with Crippen molar-refractivity contribution in [2.24, 2.45) is 11.3 Å². The van der Waals surface area contributed by atoms with Gasteiger partial charge in [-0.1, -0.05) is 57.5 Å². The van der Waals surface area contributed by atoms with E-state index in [2.05, 4.69) is 43.1 Å². The number of hydrogen-bond acceptors (Lipinski definition) is 5. The topological polar surface area (TPSA) is 78.3 Å². The summed E-state index contributed by atoms with van der Waals surface area (Å²) in [7, 11) is 0. The Balaban J connectivity index is 1.75. The lowest BCUT2D eigenvalue weighted by Crippen LogP contribution is -2.18. The molecular formula is C28H38N4O3. The number of nitrogens with one attached hydrogen (secondary N) is 1. The van der Waals surface area contributed by atoms with E-state index in [1.165, 1.54) is 5.56 Å². The molecule has 0 radical (unpaired) electrons. The summed E-state index contributed by atoms with van der Waals surface area (Å²) in [5, 5.41) is 7.59. The molecule has 0 spiro atoms. The lowest BCUT2D eigenvalue weighted by atomic mass is 9.84. The first kappa shape index (κ1) is 26.4. The van der Waals surface area contributed by atoms with Gasteiger partial charge in [0, 0.05) is 24.3 Å². The van der Waals surface area contributed by atoms with Crippen molar-refractivity contribution in [2.45, 2.75) is 54.4 Å². The second kappa shape index (κ2) is 12.0. The van der Waals surface area contributed by atoms with E-state index in [1.807, 2.05) is 62.4 Å². The Bertz CT molecular complexity index is 1080. The number of rotatable bonds is 11. The van der Waals surface area contributed by atoms with Crippen LogP contribution in [-0.2, 0) is 9.53 Å². The molecule has 1 aromatic heterocycles. The number of anilines is 1. The predicted octanol–water partition coefficient (Wildman–Crippen LogP) is 6.06. The fraction of sp³-hybridized carbons (Fsp3) is 0.464. The van der Waals surface area contributed by atoms with Crippen LogP contribution in [0.3, 0.4) is 0 Å². The lowest BCUT2D eigenvalue weighted by molar-refractivity contribution is -0.117. The molecule has 0 fully saturated rings. The number of aryl methyl sites for hydroxylation is 1. The van der Waals surface area contributed by atoms with Gasteiger partial charge in [-0.15, -0.1) is 5.10 Å². The molecule has 0 bridgehead atoms. The minimum atomic E-state index is 0.0283. The molecule has 35 heavy (non-hydrogen) atoms. The van der Waals surface area contributed by atoms with Crippen molar-refractivity contribution >= 4 is 11.6 Å². The normalized spacial score (nSPS) is 12.4. The molecule has 1 atom stereocenters. The van der Waals surface area contributed by atoms with Gasteiger partial charge in [0.25, 0.3) is 0 Å². The fourth-order valence-corrected chi connectivity index (χ4v) is 4.09. The summed E-state index contributed by atoms with van der Waals surface area (Å²) in [6.07, 6.45) is 1.50. The summed E-state index contributed by atoms with van der Waals surface area (Å²) in [5.41, 5.74) is 3.90. The third kappa shape index (κ3) is 8.21. The summed E-state index contributed by atoms with van der Waals surface area (Å²) >= 11 is 0. The lowest BCUT2D eigenvalue weighted by Gasteiger charge is -2.22. The van der Waals surface area contributed by atoms with Crippen molar-refractivity contribution in [1.82, 2.24) is 14.8 Å². The summed E-state index contributed by atoms with van der Waals surface area (Å²) < 4.78 is 12.8. The Morgan fingerprint density at radius 2 is 1.74 bits per heavy atom. The summed E-state index contributed by atoms with van der Waals surface area (Å²) in [6.45, 7) is 14.2. The van der Waals surface area contributed by atoms with Crippen LogP contribution in [0.25, 0.3) is 17.1 Å². The van der Waals surface area contributed by atoms with Gasteiger partial charge in [0.05, 0.1) is 12.3 Å². The van der Waals surface area contributed by atoms with Crippen molar-refractivity contribution in [3.63, 3.8) is 0 Å². The summed E-state index contributed by atoms with van der Waals surface area (Å²) in [5.74, 6) is 1.03. The van der Waals surface area contributed by atoms with E-state index in [0.29, 0.717) is 44.0 Å². The van der Waals surface area contributed by atoms with Crippen LogP contribution < -0.4 is 10.1 Å². The Hall–Kier alpha value is -3.19. The quantitative estimate of drug-likeness (QED) is 0.339. The second-order valence-electron chi connectivity index (χ2n) is 10.2. The van der Waals surface area contributed by atoms with Crippen LogP contribution in [-0.4, -0.2) is 40.5 Å². The molecule has 7 nitrogen and oxygen atoms in total. The van der Waals surface area contributed by atoms with Gasteiger partial charge in [-0.05, 0) is 55.9 Å². The van der Waals surface area contributed by atoms with Gasteiger partial charge in [-0.2, -0.15) is 4.98 Å². The predicted molar refractivity (Wildman–Crippen MR) is 140 cm³/mol. The highest BCUT2D eigenvalue weighted by Gasteiger charge is 2.18. The van der Waals surface area contributed by atoms with Crippen LogP contribution in [0.1, 0.15) is 53.0 Å². The van der Waals surface area contributed by atoms with Crippen LogP contribution in [0.5, 0.6) is 6.01 Å². The fourth-order valence-electron chi connectivity index (χ4n) is 4.09. The molecule has 188 valence electrons. The van der Waals surface area contributed by atoms with Crippen LogP contribution in [0.4, 0.5) is 5.69 Å². The zero-order valence-corrected chi connectivity index (χ0v) is 21.8. The average Bonchev–Trinajstić information content (AvgIpc) is 3.20. The number of aromatic nitrogens is 3. The number of carbonyl (C=O) groups excluding carboxylic acids is 1. The molecule has 7 heteroatoms.